The molecule has 0 N–H and O–H groups in total. The minimum Gasteiger partial charge on any atom is -0.453 e. The molecule has 0 aromatic carbocycles. The normalized spacial score (nSPS) is 16.1. The van der Waals surface area contributed by atoms with E-state index in [9.17, 15) is 4.79 Å². The molecule has 5 nitrogen and oxygen atoms in total. The molecule has 2 rings (SSSR count). The predicted molar refractivity (Wildman–Crippen MR) is 74.8 cm³/mol. The van der Waals surface area contributed by atoms with E-state index in [1.165, 1.54) is 0 Å². The molecule has 19 heavy (non-hydrogen) atoms. The van der Waals surface area contributed by atoms with Gasteiger partial charge in [-0.1, -0.05) is 0 Å². The van der Waals surface area contributed by atoms with E-state index >= 15 is 0 Å². The largest absolute Gasteiger partial charge is 0.453 e. The molecule has 6 heteroatoms. The maximum atomic E-state index is 12.0. The van der Waals surface area contributed by atoms with Crippen LogP contribution in [0.2, 0.25) is 0 Å². The highest BCUT2D eigenvalue weighted by Crippen LogP contribution is 2.15. The van der Waals surface area contributed by atoms with Gasteiger partial charge in [0.05, 0.1) is 19.8 Å². The lowest BCUT2D eigenvalue weighted by Crippen LogP contribution is -2.41. The number of amides is 1. The van der Waals surface area contributed by atoms with Gasteiger partial charge in [-0.2, -0.15) is 0 Å². The molecule has 0 unspecified atom stereocenters. The number of furan rings is 1. The van der Waals surface area contributed by atoms with Crippen LogP contribution in [0.3, 0.4) is 0 Å². The van der Waals surface area contributed by atoms with E-state index < -0.39 is 0 Å². The second-order valence-corrected chi connectivity index (χ2v) is 5.47. The Morgan fingerprint density at radius 3 is 2.79 bits per heavy atom. The molecule has 1 aromatic heterocycles. The average molecular weight is 331 g/mol. The van der Waals surface area contributed by atoms with Crippen LogP contribution in [0, 0.1) is 0 Å². The molecule has 2 heterocycles. The quantitative estimate of drug-likeness (QED) is 0.824. The number of halogens is 1. The molecule has 0 bridgehead atoms. The Morgan fingerprint density at radius 1 is 1.42 bits per heavy atom. The molecule has 1 amide bonds. The summed E-state index contributed by atoms with van der Waals surface area (Å²) in [6, 6.07) is 3.81. The van der Waals surface area contributed by atoms with Gasteiger partial charge in [0.1, 0.15) is 5.76 Å². The number of nitrogens with zero attached hydrogens (tertiary/aromatic N) is 2. The first-order chi connectivity index (χ1) is 9.15. The maximum Gasteiger partial charge on any atom is 0.224 e. The third-order valence-electron chi connectivity index (χ3n) is 3.13. The van der Waals surface area contributed by atoms with Crippen LogP contribution in [0.15, 0.2) is 21.2 Å². The van der Waals surface area contributed by atoms with Gasteiger partial charge in [-0.15, -0.1) is 0 Å². The smallest absolute Gasteiger partial charge is 0.224 e. The molecule has 1 aliphatic rings. The molecule has 0 atom stereocenters. The Morgan fingerprint density at radius 2 is 2.16 bits per heavy atom. The van der Waals surface area contributed by atoms with Crippen LogP contribution in [-0.4, -0.2) is 55.6 Å². The summed E-state index contributed by atoms with van der Waals surface area (Å²) in [6.07, 6.45) is 0.540. The molecule has 0 radical (unpaired) electrons. The van der Waals surface area contributed by atoms with Gasteiger partial charge >= 0.3 is 0 Å². The molecule has 0 aliphatic carbocycles. The zero-order chi connectivity index (χ0) is 13.7. The van der Waals surface area contributed by atoms with Crippen molar-refractivity contribution in [1.82, 2.24) is 9.80 Å². The van der Waals surface area contributed by atoms with Crippen LogP contribution in [-0.2, 0) is 16.1 Å². The van der Waals surface area contributed by atoms with Crippen LogP contribution in [0.4, 0.5) is 0 Å². The monoisotopic (exact) mass is 330 g/mol. The molecule has 1 aliphatic heterocycles. The van der Waals surface area contributed by atoms with Crippen molar-refractivity contribution in [3.8, 4) is 0 Å². The first-order valence-corrected chi connectivity index (χ1v) is 7.23. The van der Waals surface area contributed by atoms with E-state index in [0.29, 0.717) is 39.3 Å². The molecular weight excluding hydrogens is 312 g/mol. The number of ether oxygens (including phenoxy) is 1. The first kappa shape index (κ1) is 14.6. The molecule has 1 aromatic rings. The third-order valence-corrected chi connectivity index (χ3v) is 3.55. The van der Waals surface area contributed by atoms with Crippen molar-refractivity contribution in [3.05, 3.63) is 22.6 Å². The van der Waals surface area contributed by atoms with Crippen molar-refractivity contribution in [2.75, 3.05) is 39.9 Å². The van der Waals surface area contributed by atoms with Crippen LogP contribution in [0.25, 0.3) is 0 Å². The van der Waals surface area contributed by atoms with E-state index in [0.717, 1.165) is 17.0 Å². The summed E-state index contributed by atoms with van der Waals surface area (Å²) in [4.78, 5) is 15.9. The van der Waals surface area contributed by atoms with Gasteiger partial charge in [0.2, 0.25) is 5.91 Å². The highest BCUT2D eigenvalue weighted by molar-refractivity contribution is 9.10. The SMILES string of the molecule is CN(CCC(=O)N1CCOCC1)Cc1ccc(Br)o1. The van der Waals surface area contributed by atoms with E-state index in [1.807, 2.05) is 24.1 Å². The number of carbonyl (C=O) groups is 1. The topological polar surface area (TPSA) is 45.9 Å². The van der Waals surface area contributed by atoms with Gasteiger partial charge < -0.3 is 14.1 Å². The molecule has 0 saturated carbocycles. The zero-order valence-electron chi connectivity index (χ0n) is 11.1. The Hall–Kier alpha value is -0.850. The zero-order valence-corrected chi connectivity index (χ0v) is 12.7. The molecular formula is C13H19BrN2O3. The van der Waals surface area contributed by atoms with Crippen LogP contribution in [0.5, 0.6) is 0 Å². The molecule has 1 saturated heterocycles. The lowest BCUT2D eigenvalue weighted by molar-refractivity contribution is -0.135. The summed E-state index contributed by atoms with van der Waals surface area (Å²) in [5, 5.41) is 0. The minimum absolute atomic E-state index is 0.204. The van der Waals surface area contributed by atoms with Crippen molar-refractivity contribution in [3.63, 3.8) is 0 Å². The predicted octanol–water partition coefficient (Wildman–Crippen LogP) is 1.72. The standard InChI is InChI=1S/C13H19BrN2O3/c1-15(10-11-2-3-12(14)19-11)5-4-13(17)16-6-8-18-9-7-16/h2-3H,4-10H2,1H3. The number of carbonyl (C=O) groups excluding carboxylic acids is 1. The fourth-order valence-corrected chi connectivity index (χ4v) is 2.38. The van der Waals surface area contributed by atoms with Crippen molar-refractivity contribution >= 4 is 21.8 Å². The second-order valence-electron chi connectivity index (χ2n) is 4.69. The molecule has 1 fully saturated rings. The Labute approximate surface area is 121 Å². The van der Waals surface area contributed by atoms with Gasteiger partial charge in [0.15, 0.2) is 4.67 Å². The van der Waals surface area contributed by atoms with E-state index in [1.54, 1.807) is 0 Å². The van der Waals surface area contributed by atoms with Gasteiger partial charge in [-0.25, -0.2) is 0 Å². The fraction of sp³-hybridized carbons (Fsp3) is 0.615. The minimum atomic E-state index is 0.204. The summed E-state index contributed by atoms with van der Waals surface area (Å²) < 4.78 is 11.4. The lowest BCUT2D eigenvalue weighted by atomic mass is 10.3. The van der Waals surface area contributed by atoms with Crippen LogP contribution < -0.4 is 0 Å². The lowest BCUT2D eigenvalue weighted by Gasteiger charge is -2.27. The van der Waals surface area contributed by atoms with Gasteiger partial charge in [-0.3, -0.25) is 9.69 Å². The van der Waals surface area contributed by atoms with Crippen molar-refractivity contribution < 1.29 is 13.9 Å². The van der Waals surface area contributed by atoms with Crippen LogP contribution in [0.1, 0.15) is 12.2 Å². The highest BCUT2D eigenvalue weighted by atomic mass is 79.9. The Kier molecular flexibility index (Phi) is 5.42. The van der Waals surface area contributed by atoms with Crippen molar-refractivity contribution in [1.29, 1.82) is 0 Å². The number of morpholine rings is 1. The molecule has 106 valence electrons. The van der Waals surface area contributed by atoms with E-state index in [4.69, 9.17) is 9.15 Å². The first-order valence-electron chi connectivity index (χ1n) is 6.43. The summed E-state index contributed by atoms with van der Waals surface area (Å²) in [5.41, 5.74) is 0. The maximum absolute atomic E-state index is 12.0. The van der Waals surface area contributed by atoms with Crippen LogP contribution >= 0.6 is 15.9 Å². The third kappa shape index (κ3) is 4.63. The van der Waals surface area contributed by atoms with E-state index in [-0.39, 0.29) is 5.91 Å². The van der Waals surface area contributed by atoms with Gasteiger partial charge in [0.25, 0.3) is 0 Å². The van der Waals surface area contributed by atoms with E-state index in [2.05, 4.69) is 20.8 Å². The Balaban J connectivity index is 1.70. The summed E-state index contributed by atoms with van der Waals surface area (Å²) in [5.74, 6) is 1.10. The summed E-state index contributed by atoms with van der Waals surface area (Å²) in [6.45, 7) is 4.18. The summed E-state index contributed by atoms with van der Waals surface area (Å²) in [7, 11) is 1.99. The van der Waals surface area contributed by atoms with Gasteiger partial charge in [0, 0.05) is 26.1 Å². The molecule has 0 spiro atoms. The van der Waals surface area contributed by atoms with Crippen molar-refractivity contribution in [2.24, 2.45) is 0 Å². The average Bonchev–Trinajstić information content (AvgIpc) is 2.82. The van der Waals surface area contributed by atoms with Crippen molar-refractivity contribution in [2.45, 2.75) is 13.0 Å². The second kappa shape index (κ2) is 7.07. The highest BCUT2D eigenvalue weighted by Gasteiger charge is 2.17. The summed E-state index contributed by atoms with van der Waals surface area (Å²) >= 11 is 3.28. The number of rotatable bonds is 5. The number of hydrogen-bond acceptors (Lipinski definition) is 4. The number of hydrogen-bond donors (Lipinski definition) is 0. The fourth-order valence-electron chi connectivity index (χ4n) is 2.04. The Bertz CT molecular complexity index is 416. The van der Waals surface area contributed by atoms with Gasteiger partial charge in [-0.05, 0) is 35.1 Å².